The van der Waals surface area contributed by atoms with Crippen molar-refractivity contribution in [3.8, 4) is 0 Å². The van der Waals surface area contributed by atoms with Crippen LogP contribution in [0.3, 0.4) is 0 Å². The highest BCUT2D eigenvalue weighted by Crippen LogP contribution is 2.40. The predicted octanol–water partition coefficient (Wildman–Crippen LogP) is 7.77. The van der Waals surface area contributed by atoms with Gasteiger partial charge in [0.1, 0.15) is 16.5 Å². The SMILES string of the molecule is CCOC(=O)/C(=C\N[C@H](CCC(C)(C)[Si](C)(C)O)C(C)C)C(=O)c1cc(Cc2cccc(Cl)c2F)nc(Cl)c1Cl. The molecule has 0 saturated carbocycles. The summed E-state index contributed by atoms with van der Waals surface area (Å²) in [5.74, 6) is -1.97. The van der Waals surface area contributed by atoms with Crippen molar-refractivity contribution in [1.29, 1.82) is 0 Å². The van der Waals surface area contributed by atoms with Crippen LogP contribution in [0.1, 0.15) is 69.1 Å². The van der Waals surface area contributed by atoms with E-state index in [0.717, 1.165) is 6.42 Å². The Morgan fingerprint density at radius 3 is 2.45 bits per heavy atom. The predicted molar refractivity (Wildman–Crippen MR) is 162 cm³/mol. The Morgan fingerprint density at radius 1 is 1.23 bits per heavy atom. The molecule has 220 valence electrons. The van der Waals surface area contributed by atoms with Crippen LogP contribution in [-0.4, -0.2) is 42.5 Å². The van der Waals surface area contributed by atoms with E-state index >= 15 is 0 Å². The number of halogens is 4. The first kappa shape index (κ1) is 34.2. The van der Waals surface area contributed by atoms with Crippen molar-refractivity contribution in [2.75, 3.05) is 6.61 Å². The maximum Gasteiger partial charge on any atom is 0.343 e. The van der Waals surface area contributed by atoms with E-state index in [1.807, 2.05) is 26.9 Å². The van der Waals surface area contributed by atoms with Gasteiger partial charge in [0, 0.05) is 29.9 Å². The van der Waals surface area contributed by atoms with Gasteiger partial charge in [-0.05, 0) is 61.5 Å². The summed E-state index contributed by atoms with van der Waals surface area (Å²) in [6, 6.07) is 5.88. The third-order valence-electron chi connectivity index (χ3n) is 7.34. The molecule has 0 aliphatic carbocycles. The number of rotatable bonds is 13. The zero-order chi connectivity index (χ0) is 30.4. The summed E-state index contributed by atoms with van der Waals surface area (Å²) < 4.78 is 19.7. The van der Waals surface area contributed by atoms with E-state index in [4.69, 9.17) is 39.5 Å². The van der Waals surface area contributed by atoms with Gasteiger partial charge < -0.3 is 14.8 Å². The molecule has 40 heavy (non-hydrogen) atoms. The van der Waals surface area contributed by atoms with Crippen molar-refractivity contribution in [3.05, 3.63) is 73.9 Å². The monoisotopic (exact) mass is 630 g/mol. The van der Waals surface area contributed by atoms with Crippen LogP contribution < -0.4 is 5.32 Å². The number of hydrogen-bond acceptors (Lipinski definition) is 6. The highest BCUT2D eigenvalue weighted by atomic mass is 35.5. The number of esters is 1. The Balaban J connectivity index is 2.44. The number of benzene rings is 1. The van der Waals surface area contributed by atoms with Gasteiger partial charge in [-0.1, -0.05) is 74.6 Å². The minimum Gasteiger partial charge on any atom is -0.462 e. The molecule has 0 saturated heterocycles. The summed E-state index contributed by atoms with van der Waals surface area (Å²) in [6.45, 7) is 13.7. The molecule has 1 atom stereocenters. The maximum atomic E-state index is 14.5. The van der Waals surface area contributed by atoms with E-state index in [0.29, 0.717) is 6.42 Å². The van der Waals surface area contributed by atoms with Gasteiger partial charge in [-0.15, -0.1) is 0 Å². The molecule has 6 nitrogen and oxygen atoms in total. The zero-order valence-corrected chi connectivity index (χ0v) is 27.3. The zero-order valence-electron chi connectivity index (χ0n) is 24.0. The molecule has 0 fully saturated rings. The fourth-order valence-electron chi connectivity index (χ4n) is 3.88. The van der Waals surface area contributed by atoms with Crippen LogP contribution in [0.4, 0.5) is 4.39 Å². The summed E-state index contributed by atoms with van der Waals surface area (Å²) in [7, 11) is -2.41. The number of nitrogens with zero attached hydrogens (tertiary/aromatic N) is 1. The van der Waals surface area contributed by atoms with Crippen LogP contribution >= 0.6 is 34.8 Å². The molecular formula is C29H38Cl3FN2O4Si. The normalized spacial score (nSPS) is 13.4. The van der Waals surface area contributed by atoms with Crippen LogP contribution in [-0.2, 0) is 16.0 Å². The van der Waals surface area contributed by atoms with Crippen LogP contribution in [0.15, 0.2) is 36.0 Å². The number of ketones is 1. The van der Waals surface area contributed by atoms with Crippen LogP contribution in [0, 0.1) is 11.7 Å². The summed E-state index contributed by atoms with van der Waals surface area (Å²) >= 11 is 18.5. The molecule has 2 N–H and O–H groups in total. The van der Waals surface area contributed by atoms with E-state index < -0.39 is 25.9 Å². The number of pyridine rings is 1. The third-order valence-corrected chi connectivity index (χ3v) is 11.9. The number of aromatic nitrogens is 1. The second-order valence-electron chi connectivity index (χ2n) is 11.3. The molecule has 0 bridgehead atoms. The molecule has 0 amide bonds. The number of ether oxygens (including phenoxy) is 1. The van der Waals surface area contributed by atoms with Crippen molar-refractivity contribution < 1.29 is 23.5 Å². The first-order chi connectivity index (χ1) is 18.5. The lowest BCUT2D eigenvalue weighted by Crippen LogP contribution is -2.41. The van der Waals surface area contributed by atoms with E-state index in [-0.39, 0.29) is 67.6 Å². The Bertz CT molecular complexity index is 1260. The average Bonchev–Trinajstić information content (AvgIpc) is 2.85. The molecule has 0 unspecified atom stereocenters. The molecule has 1 aromatic heterocycles. The lowest BCUT2D eigenvalue weighted by Gasteiger charge is -2.36. The molecular weight excluding hydrogens is 594 g/mol. The molecule has 0 aliphatic heterocycles. The Kier molecular flexibility index (Phi) is 12.2. The van der Waals surface area contributed by atoms with E-state index in [2.05, 4.69) is 24.1 Å². The largest absolute Gasteiger partial charge is 0.462 e. The highest BCUT2D eigenvalue weighted by Gasteiger charge is 2.38. The smallest absolute Gasteiger partial charge is 0.343 e. The van der Waals surface area contributed by atoms with Gasteiger partial charge in [-0.2, -0.15) is 0 Å². The Labute approximate surface area is 252 Å². The summed E-state index contributed by atoms with van der Waals surface area (Å²) in [5.41, 5.74) is 0.215. The van der Waals surface area contributed by atoms with Crippen molar-refractivity contribution in [1.82, 2.24) is 10.3 Å². The number of hydrogen-bond donors (Lipinski definition) is 2. The number of nitrogens with one attached hydrogen (secondary N) is 1. The molecule has 1 heterocycles. The Morgan fingerprint density at radius 2 is 1.88 bits per heavy atom. The van der Waals surface area contributed by atoms with Gasteiger partial charge >= 0.3 is 5.97 Å². The van der Waals surface area contributed by atoms with Crippen molar-refractivity contribution in [2.24, 2.45) is 5.92 Å². The number of carbonyl (C=O) groups excluding carboxylic acids is 2. The standard InChI is InChI=1S/C29H38Cl3FN2O4Si/c1-8-39-28(37)21(16-34-23(17(2)3)12-13-29(4,5)40(6,7)38)26(36)20-15-19(35-27(32)24(20)31)14-18-10-9-11-22(30)25(18)33/h9-11,15-17,23,34,38H,8,12-14H2,1-7H3/b21-16-/t23-/m1/s1. The molecule has 1 aromatic carbocycles. The van der Waals surface area contributed by atoms with Crippen molar-refractivity contribution in [2.45, 2.75) is 78.1 Å². The van der Waals surface area contributed by atoms with E-state index in [9.17, 15) is 18.8 Å². The fraction of sp³-hybridized carbons (Fsp3) is 0.483. The molecule has 11 heteroatoms. The van der Waals surface area contributed by atoms with Crippen LogP contribution in [0.5, 0.6) is 0 Å². The minimum absolute atomic E-state index is 0.00397. The fourth-order valence-corrected chi connectivity index (χ4v) is 5.22. The topological polar surface area (TPSA) is 88.5 Å². The minimum atomic E-state index is -2.41. The van der Waals surface area contributed by atoms with Gasteiger partial charge in [0.25, 0.3) is 0 Å². The second-order valence-corrected chi connectivity index (χ2v) is 16.9. The van der Waals surface area contributed by atoms with E-state index in [1.54, 1.807) is 19.1 Å². The van der Waals surface area contributed by atoms with Gasteiger partial charge in [0.15, 0.2) is 8.32 Å². The van der Waals surface area contributed by atoms with Gasteiger partial charge in [-0.25, -0.2) is 14.2 Å². The highest BCUT2D eigenvalue weighted by molar-refractivity contribution is 6.72. The molecule has 0 spiro atoms. The number of Topliss-reactive ketones (excluding diaryl/α,β-unsaturated/α-hetero) is 1. The molecule has 0 radical (unpaired) electrons. The molecule has 0 aliphatic rings. The van der Waals surface area contributed by atoms with Gasteiger partial charge in [0.05, 0.1) is 16.7 Å². The first-order valence-corrected chi connectivity index (χ1v) is 17.3. The van der Waals surface area contributed by atoms with Crippen LogP contribution in [0.2, 0.25) is 33.3 Å². The molecule has 2 rings (SSSR count). The average molecular weight is 632 g/mol. The second kappa shape index (κ2) is 14.3. The van der Waals surface area contributed by atoms with Crippen molar-refractivity contribution in [3.63, 3.8) is 0 Å². The van der Waals surface area contributed by atoms with Crippen molar-refractivity contribution >= 4 is 54.9 Å². The van der Waals surface area contributed by atoms with E-state index in [1.165, 1.54) is 18.3 Å². The number of carbonyl (C=O) groups is 2. The van der Waals surface area contributed by atoms with Gasteiger partial charge in [0.2, 0.25) is 5.78 Å². The van der Waals surface area contributed by atoms with Crippen LogP contribution in [0.25, 0.3) is 0 Å². The summed E-state index contributed by atoms with van der Waals surface area (Å²) in [4.78, 5) is 41.5. The quantitative estimate of drug-likeness (QED) is 0.0447. The first-order valence-electron chi connectivity index (χ1n) is 13.2. The summed E-state index contributed by atoms with van der Waals surface area (Å²) in [6.07, 6.45) is 2.82. The lowest BCUT2D eigenvalue weighted by atomic mass is 9.94. The maximum absolute atomic E-state index is 14.5. The Hall–Kier alpha value is -1.97. The molecule has 2 aromatic rings. The summed E-state index contributed by atoms with van der Waals surface area (Å²) in [5, 5.41) is 2.67. The lowest BCUT2D eigenvalue weighted by molar-refractivity contribution is -0.138. The third kappa shape index (κ3) is 8.76. The van der Waals surface area contributed by atoms with Gasteiger partial charge in [-0.3, -0.25) is 4.79 Å².